The minimum absolute atomic E-state index is 0. The summed E-state index contributed by atoms with van der Waals surface area (Å²) in [6.07, 6.45) is 0. The molecule has 0 aromatic rings. The van der Waals surface area contributed by atoms with Gasteiger partial charge in [-0.2, -0.15) is 0 Å². The van der Waals surface area contributed by atoms with Crippen LogP contribution in [0.15, 0.2) is 0 Å². The van der Waals surface area contributed by atoms with Crippen LogP contribution in [-0.4, -0.2) is 48.5 Å². The molecule has 0 aliphatic heterocycles. The van der Waals surface area contributed by atoms with Gasteiger partial charge in [-0.15, -0.1) is 17.0 Å². The average molecular weight is 200 g/mol. The second-order valence-electron chi connectivity index (χ2n) is 1.75. The average Bonchev–Trinajstić information content (AvgIpc) is 1.68. The van der Waals surface area contributed by atoms with Gasteiger partial charge in [0.25, 0.3) is 0 Å². The number of rotatable bonds is 4. The van der Waals surface area contributed by atoms with Crippen molar-refractivity contribution >= 4 is 17.0 Å². The lowest BCUT2D eigenvalue weighted by Crippen LogP contribution is -2.25. The molecule has 0 unspecified atom stereocenters. The predicted molar refractivity (Wildman–Crippen MR) is 42.0 cm³/mol. The lowest BCUT2D eigenvalue weighted by atomic mass is 10.5. The molecule has 0 bridgehead atoms. The highest BCUT2D eigenvalue weighted by atomic mass is 79.9. The van der Waals surface area contributed by atoms with Crippen LogP contribution < -0.4 is 0 Å². The van der Waals surface area contributed by atoms with Gasteiger partial charge in [-0.1, -0.05) is 0 Å². The summed E-state index contributed by atoms with van der Waals surface area (Å²) in [5.74, 6) is 0. The Morgan fingerprint density at radius 2 is 1.44 bits per heavy atom. The smallest absolute Gasteiger partial charge is 0.0558 e. The van der Waals surface area contributed by atoms with Gasteiger partial charge in [-0.3, -0.25) is 0 Å². The molecule has 0 fully saturated rings. The highest BCUT2D eigenvalue weighted by Gasteiger charge is 1.91. The van der Waals surface area contributed by atoms with E-state index in [1.165, 1.54) is 0 Å². The van der Waals surface area contributed by atoms with Crippen molar-refractivity contribution in [1.29, 1.82) is 0 Å². The van der Waals surface area contributed by atoms with Gasteiger partial charge in [-0.25, -0.2) is 0 Å². The van der Waals surface area contributed by atoms with E-state index in [0.29, 0.717) is 13.1 Å². The van der Waals surface area contributed by atoms with Gasteiger partial charge in [-0.05, 0) is 7.05 Å². The molecule has 0 spiro atoms. The van der Waals surface area contributed by atoms with Gasteiger partial charge in [0.2, 0.25) is 0 Å². The molecule has 0 atom stereocenters. The van der Waals surface area contributed by atoms with Crippen molar-refractivity contribution in [3.8, 4) is 0 Å². The molecule has 3 nitrogen and oxygen atoms in total. The number of likely N-dealkylation sites (N-methyl/N-ethyl adjacent to an activating group) is 1. The fourth-order valence-corrected chi connectivity index (χ4v) is 0.453. The Hall–Kier alpha value is 0.360. The first-order valence-corrected chi connectivity index (χ1v) is 2.71. The first kappa shape index (κ1) is 12.1. The van der Waals surface area contributed by atoms with Crippen molar-refractivity contribution in [2.45, 2.75) is 0 Å². The first-order chi connectivity index (χ1) is 3.81. The minimum atomic E-state index is 0. The SMILES string of the molecule is Br.CN(CCO)CCO. The van der Waals surface area contributed by atoms with E-state index < -0.39 is 0 Å². The van der Waals surface area contributed by atoms with Gasteiger partial charge >= 0.3 is 0 Å². The number of nitrogens with zero attached hydrogens (tertiary/aromatic N) is 1. The lowest BCUT2D eigenvalue weighted by Gasteiger charge is -2.11. The van der Waals surface area contributed by atoms with Gasteiger partial charge in [0.1, 0.15) is 0 Å². The first-order valence-electron chi connectivity index (χ1n) is 2.71. The molecule has 4 heteroatoms. The molecule has 0 heterocycles. The van der Waals surface area contributed by atoms with Crippen LogP contribution in [0.25, 0.3) is 0 Å². The predicted octanol–water partition coefficient (Wildman–Crippen LogP) is -0.519. The summed E-state index contributed by atoms with van der Waals surface area (Å²) in [6, 6.07) is 0. The third-order valence-corrected chi connectivity index (χ3v) is 0.963. The van der Waals surface area contributed by atoms with Gasteiger partial charge < -0.3 is 15.1 Å². The topological polar surface area (TPSA) is 43.7 Å². The standard InChI is InChI=1S/C5H13NO2.BrH/c1-6(2-4-7)3-5-8;/h7-8H,2-5H2,1H3;1H. The highest BCUT2D eigenvalue weighted by molar-refractivity contribution is 8.93. The Kier molecular flexibility index (Phi) is 11.2. The normalized spacial score (nSPS) is 9.33. The molecule has 0 aliphatic carbocycles. The van der Waals surface area contributed by atoms with Crippen molar-refractivity contribution < 1.29 is 10.2 Å². The van der Waals surface area contributed by atoms with Crippen molar-refractivity contribution in [2.75, 3.05) is 33.4 Å². The van der Waals surface area contributed by atoms with E-state index in [0.717, 1.165) is 0 Å². The van der Waals surface area contributed by atoms with Gasteiger partial charge in [0.05, 0.1) is 13.2 Å². The Morgan fingerprint density at radius 3 is 1.67 bits per heavy atom. The number of aliphatic hydroxyl groups excluding tert-OH is 2. The molecule has 0 aromatic carbocycles. The van der Waals surface area contributed by atoms with Crippen LogP contribution in [0.2, 0.25) is 0 Å². The van der Waals surface area contributed by atoms with Crippen LogP contribution in [0.3, 0.4) is 0 Å². The number of hydrogen-bond donors (Lipinski definition) is 2. The van der Waals surface area contributed by atoms with E-state index in [1.807, 2.05) is 11.9 Å². The van der Waals surface area contributed by atoms with E-state index in [4.69, 9.17) is 10.2 Å². The van der Waals surface area contributed by atoms with Crippen molar-refractivity contribution in [2.24, 2.45) is 0 Å². The van der Waals surface area contributed by atoms with Gasteiger partial charge in [0, 0.05) is 13.1 Å². The Balaban J connectivity index is 0. The molecule has 0 aliphatic rings. The van der Waals surface area contributed by atoms with Gasteiger partial charge in [0.15, 0.2) is 0 Å². The summed E-state index contributed by atoms with van der Waals surface area (Å²) < 4.78 is 0. The Morgan fingerprint density at radius 1 is 1.11 bits per heavy atom. The maximum absolute atomic E-state index is 8.34. The molecule has 0 saturated carbocycles. The molecule has 0 amide bonds. The zero-order valence-corrected chi connectivity index (χ0v) is 7.29. The molecular formula is C5H14BrNO2. The van der Waals surface area contributed by atoms with Crippen molar-refractivity contribution in [3.05, 3.63) is 0 Å². The molecule has 0 aromatic heterocycles. The summed E-state index contributed by atoms with van der Waals surface area (Å²) in [5.41, 5.74) is 0. The van der Waals surface area contributed by atoms with Crippen LogP contribution in [0, 0.1) is 0 Å². The quantitative estimate of drug-likeness (QED) is 0.641. The summed E-state index contributed by atoms with van der Waals surface area (Å²) >= 11 is 0. The molecule has 9 heavy (non-hydrogen) atoms. The van der Waals surface area contributed by atoms with Crippen LogP contribution in [0.4, 0.5) is 0 Å². The second kappa shape index (κ2) is 8.36. The number of aliphatic hydroxyl groups is 2. The summed E-state index contributed by atoms with van der Waals surface area (Å²) in [7, 11) is 1.85. The monoisotopic (exact) mass is 199 g/mol. The molecule has 58 valence electrons. The van der Waals surface area contributed by atoms with E-state index >= 15 is 0 Å². The van der Waals surface area contributed by atoms with Crippen LogP contribution in [0.5, 0.6) is 0 Å². The van der Waals surface area contributed by atoms with Crippen LogP contribution in [0.1, 0.15) is 0 Å². The zero-order valence-electron chi connectivity index (χ0n) is 5.58. The zero-order chi connectivity index (χ0) is 6.41. The maximum Gasteiger partial charge on any atom is 0.0558 e. The maximum atomic E-state index is 8.34. The fourth-order valence-electron chi connectivity index (χ4n) is 0.453. The van der Waals surface area contributed by atoms with Crippen LogP contribution in [-0.2, 0) is 0 Å². The van der Waals surface area contributed by atoms with E-state index in [2.05, 4.69) is 0 Å². The number of hydrogen-bond acceptors (Lipinski definition) is 3. The molecule has 0 rings (SSSR count). The third kappa shape index (κ3) is 8.36. The molecule has 0 radical (unpaired) electrons. The summed E-state index contributed by atoms with van der Waals surface area (Å²) in [6.45, 7) is 1.61. The second-order valence-corrected chi connectivity index (χ2v) is 1.75. The minimum Gasteiger partial charge on any atom is -0.395 e. The van der Waals surface area contributed by atoms with Crippen molar-refractivity contribution in [1.82, 2.24) is 4.90 Å². The fraction of sp³-hybridized carbons (Fsp3) is 1.00. The summed E-state index contributed by atoms with van der Waals surface area (Å²) in [4.78, 5) is 1.86. The molecule has 2 N–H and O–H groups in total. The number of halogens is 1. The van der Waals surface area contributed by atoms with E-state index in [9.17, 15) is 0 Å². The molecule has 0 saturated heterocycles. The highest BCUT2D eigenvalue weighted by Crippen LogP contribution is 1.76. The van der Waals surface area contributed by atoms with E-state index in [1.54, 1.807) is 0 Å². The summed E-state index contributed by atoms with van der Waals surface area (Å²) in [5, 5.41) is 16.7. The lowest BCUT2D eigenvalue weighted by molar-refractivity contribution is 0.184. The molecular weight excluding hydrogens is 186 g/mol. The van der Waals surface area contributed by atoms with E-state index in [-0.39, 0.29) is 30.2 Å². The largest absolute Gasteiger partial charge is 0.395 e. The van der Waals surface area contributed by atoms with Crippen LogP contribution >= 0.6 is 17.0 Å². The Labute approximate surface area is 66.1 Å². The third-order valence-electron chi connectivity index (χ3n) is 0.963. The van der Waals surface area contributed by atoms with Crippen molar-refractivity contribution in [3.63, 3.8) is 0 Å². The Bertz CT molecular complexity index is 48.2.